The van der Waals surface area contributed by atoms with Crippen LogP contribution in [0, 0.1) is 18.5 Å². The topological polar surface area (TPSA) is 15.8 Å². The van der Waals surface area contributed by atoms with E-state index in [0.29, 0.717) is 0 Å². The molecule has 0 saturated carbocycles. The van der Waals surface area contributed by atoms with Gasteiger partial charge in [0.05, 0.1) is 0 Å². The van der Waals surface area contributed by atoms with Crippen molar-refractivity contribution in [3.05, 3.63) is 28.0 Å². The van der Waals surface area contributed by atoms with Crippen molar-refractivity contribution < 1.29 is 0 Å². The van der Waals surface area contributed by atoms with Crippen molar-refractivity contribution in [1.29, 1.82) is 0 Å². The van der Waals surface area contributed by atoms with Crippen molar-refractivity contribution in [3.8, 4) is 0 Å². The fourth-order valence-corrected chi connectivity index (χ4v) is 0.860. The number of nitrogens with one attached hydrogen (secondary N) is 1. The van der Waals surface area contributed by atoms with Gasteiger partial charge in [0.2, 0.25) is 0 Å². The molecule has 0 aliphatic rings. The molecule has 0 bridgehead atoms. The molecular weight excluding hydrogens is 130 g/mol. The lowest BCUT2D eigenvalue weighted by Crippen LogP contribution is -1.80. The van der Waals surface area contributed by atoms with Crippen molar-refractivity contribution in [2.24, 2.45) is 0 Å². The highest BCUT2D eigenvalue weighted by atomic mass is 32.1. The van der Waals surface area contributed by atoms with Crippen LogP contribution in [0.25, 0.3) is 0 Å². The summed E-state index contributed by atoms with van der Waals surface area (Å²) in [6.07, 6.45) is 1.91. The molecule has 0 spiro atoms. The summed E-state index contributed by atoms with van der Waals surface area (Å²) in [6.45, 7) is 4.05. The standard InChI is InChI=1S/C7H9NS/c1-5-3-6(2)7(9)8-4-5/h3-4H,1-2H3,(H,8,9). The van der Waals surface area contributed by atoms with E-state index in [-0.39, 0.29) is 0 Å². The van der Waals surface area contributed by atoms with Crippen LogP contribution in [-0.4, -0.2) is 4.98 Å². The molecule has 0 atom stereocenters. The van der Waals surface area contributed by atoms with Gasteiger partial charge >= 0.3 is 0 Å². The van der Waals surface area contributed by atoms with Gasteiger partial charge < -0.3 is 4.98 Å². The van der Waals surface area contributed by atoms with Crippen LogP contribution in [0.15, 0.2) is 12.3 Å². The van der Waals surface area contributed by atoms with E-state index in [4.69, 9.17) is 12.2 Å². The Labute approximate surface area is 59.7 Å². The Bertz CT molecular complexity index is 262. The summed E-state index contributed by atoms with van der Waals surface area (Å²) < 4.78 is 0.834. The molecule has 1 aromatic heterocycles. The van der Waals surface area contributed by atoms with Crippen LogP contribution in [0.5, 0.6) is 0 Å². The van der Waals surface area contributed by atoms with Crippen molar-refractivity contribution in [2.75, 3.05) is 0 Å². The third-order valence-corrected chi connectivity index (χ3v) is 1.67. The third kappa shape index (κ3) is 1.39. The van der Waals surface area contributed by atoms with Crippen LogP contribution in [0.1, 0.15) is 11.1 Å². The summed E-state index contributed by atoms with van der Waals surface area (Å²) in [6, 6.07) is 2.07. The predicted octanol–water partition coefficient (Wildman–Crippen LogP) is 2.36. The molecule has 0 saturated heterocycles. The Morgan fingerprint density at radius 3 is 2.56 bits per heavy atom. The maximum atomic E-state index is 4.96. The van der Waals surface area contributed by atoms with Gasteiger partial charge in [-0.15, -0.1) is 0 Å². The van der Waals surface area contributed by atoms with Crippen LogP contribution in [-0.2, 0) is 0 Å². The smallest absolute Gasteiger partial charge is 0.106 e. The second-order valence-electron chi connectivity index (χ2n) is 2.19. The Morgan fingerprint density at radius 1 is 1.44 bits per heavy atom. The van der Waals surface area contributed by atoms with Gasteiger partial charge in [0.25, 0.3) is 0 Å². The quantitative estimate of drug-likeness (QED) is 0.545. The molecular formula is C7H9NS. The highest BCUT2D eigenvalue weighted by Crippen LogP contribution is 2.00. The normalized spacial score (nSPS) is 9.56. The maximum Gasteiger partial charge on any atom is 0.106 e. The zero-order valence-corrected chi connectivity index (χ0v) is 6.38. The molecule has 2 heteroatoms. The monoisotopic (exact) mass is 139 g/mol. The molecule has 1 N–H and O–H groups in total. The van der Waals surface area contributed by atoms with Crippen LogP contribution < -0.4 is 0 Å². The van der Waals surface area contributed by atoms with Gasteiger partial charge in [0.1, 0.15) is 4.64 Å². The fourth-order valence-electron chi connectivity index (χ4n) is 0.742. The van der Waals surface area contributed by atoms with E-state index in [1.165, 1.54) is 5.56 Å². The van der Waals surface area contributed by atoms with Crippen molar-refractivity contribution in [2.45, 2.75) is 13.8 Å². The number of aromatic nitrogens is 1. The van der Waals surface area contributed by atoms with Crippen LogP contribution >= 0.6 is 12.2 Å². The molecule has 0 aliphatic heterocycles. The van der Waals surface area contributed by atoms with Crippen LogP contribution in [0.4, 0.5) is 0 Å². The molecule has 0 aliphatic carbocycles. The Kier molecular flexibility index (Phi) is 1.67. The van der Waals surface area contributed by atoms with Gasteiger partial charge in [-0.3, -0.25) is 0 Å². The maximum absolute atomic E-state index is 4.96. The Balaban J connectivity index is 3.34. The van der Waals surface area contributed by atoms with E-state index in [9.17, 15) is 0 Å². The molecule has 1 heterocycles. The lowest BCUT2D eigenvalue weighted by Gasteiger charge is -1.93. The molecule has 0 aromatic carbocycles. The van der Waals surface area contributed by atoms with Crippen molar-refractivity contribution in [3.63, 3.8) is 0 Å². The van der Waals surface area contributed by atoms with Gasteiger partial charge in [-0.05, 0) is 25.0 Å². The number of rotatable bonds is 0. The van der Waals surface area contributed by atoms with Gasteiger partial charge in [-0.1, -0.05) is 18.3 Å². The lowest BCUT2D eigenvalue weighted by molar-refractivity contribution is 1.20. The summed E-state index contributed by atoms with van der Waals surface area (Å²) in [5.41, 5.74) is 2.37. The zero-order chi connectivity index (χ0) is 6.85. The van der Waals surface area contributed by atoms with Crippen LogP contribution in [0.3, 0.4) is 0 Å². The third-order valence-electron chi connectivity index (χ3n) is 1.23. The summed E-state index contributed by atoms with van der Waals surface area (Å²) in [5.74, 6) is 0. The van der Waals surface area contributed by atoms with E-state index < -0.39 is 0 Å². The molecule has 0 unspecified atom stereocenters. The lowest BCUT2D eigenvalue weighted by atomic mass is 10.2. The average molecular weight is 139 g/mol. The number of aromatic amines is 1. The second-order valence-corrected chi connectivity index (χ2v) is 2.60. The molecule has 1 nitrogen and oxygen atoms in total. The first kappa shape index (κ1) is 6.49. The van der Waals surface area contributed by atoms with Crippen LogP contribution in [0.2, 0.25) is 0 Å². The van der Waals surface area contributed by atoms with Crippen molar-refractivity contribution >= 4 is 12.2 Å². The van der Waals surface area contributed by atoms with E-state index in [1.54, 1.807) is 0 Å². The van der Waals surface area contributed by atoms with E-state index in [2.05, 4.69) is 11.1 Å². The minimum absolute atomic E-state index is 0.834. The fraction of sp³-hybridized carbons (Fsp3) is 0.286. The molecule has 0 amide bonds. The molecule has 9 heavy (non-hydrogen) atoms. The highest BCUT2D eigenvalue weighted by Gasteiger charge is 1.86. The first-order chi connectivity index (χ1) is 4.20. The average Bonchev–Trinajstić information content (AvgIpc) is 1.80. The molecule has 1 rings (SSSR count). The summed E-state index contributed by atoms with van der Waals surface area (Å²) in [7, 11) is 0. The van der Waals surface area contributed by atoms with E-state index >= 15 is 0 Å². The zero-order valence-electron chi connectivity index (χ0n) is 5.56. The summed E-state index contributed by atoms with van der Waals surface area (Å²) >= 11 is 4.96. The summed E-state index contributed by atoms with van der Waals surface area (Å²) in [5, 5.41) is 0. The molecule has 48 valence electrons. The minimum Gasteiger partial charge on any atom is -0.352 e. The van der Waals surface area contributed by atoms with Gasteiger partial charge in [-0.25, -0.2) is 0 Å². The highest BCUT2D eigenvalue weighted by molar-refractivity contribution is 7.71. The molecule has 1 aromatic rings. The van der Waals surface area contributed by atoms with E-state index in [1.807, 2.05) is 20.0 Å². The number of aryl methyl sites for hydroxylation is 2. The number of hydrogen-bond donors (Lipinski definition) is 1. The van der Waals surface area contributed by atoms with Gasteiger partial charge in [-0.2, -0.15) is 0 Å². The number of pyridine rings is 1. The largest absolute Gasteiger partial charge is 0.352 e. The Morgan fingerprint density at radius 2 is 2.11 bits per heavy atom. The number of hydrogen-bond acceptors (Lipinski definition) is 1. The Hall–Kier alpha value is -0.630. The first-order valence-electron chi connectivity index (χ1n) is 2.86. The summed E-state index contributed by atoms with van der Waals surface area (Å²) in [4.78, 5) is 2.98. The second kappa shape index (κ2) is 2.31. The predicted molar refractivity (Wildman–Crippen MR) is 41.1 cm³/mol. The first-order valence-corrected chi connectivity index (χ1v) is 3.27. The minimum atomic E-state index is 0.834. The molecule has 0 radical (unpaired) electrons. The van der Waals surface area contributed by atoms with Gasteiger partial charge in [0, 0.05) is 6.20 Å². The SMILES string of the molecule is Cc1c[nH]c(=S)c(C)c1. The number of H-pyrrole nitrogens is 1. The van der Waals surface area contributed by atoms with E-state index in [0.717, 1.165) is 10.2 Å². The van der Waals surface area contributed by atoms with Crippen molar-refractivity contribution in [1.82, 2.24) is 4.98 Å². The van der Waals surface area contributed by atoms with Gasteiger partial charge in [0.15, 0.2) is 0 Å². The molecule has 0 fully saturated rings.